The lowest BCUT2D eigenvalue weighted by Crippen LogP contribution is -2.45. The summed E-state index contributed by atoms with van der Waals surface area (Å²) in [6.45, 7) is 4.46. The maximum Gasteiger partial charge on any atom is 0.240 e. The molecule has 1 saturated heterocycles. The number of nitrogens with one attached hydrogen (secondary N) is 1. The third-order valence-electron chi connectivity index (χ3n) is 3.53. The number of sulfonamides is 1. The van der Waals surface area contributed by atoms with Crippen LogP contribution >= 0.6 is 0 Å². The smallest absolute Gasteiger partial charge is 0.240 e. The summed E-state index contributed by atoms with van der Waals surface area (Å²) in [5, 5.41) is 0. The van der Waals surface area contributed by atoms with Crippen LogP contribution in [0.5, 0.6) is 5.75 Å². The van der Waals surface area contributed by atoms with E-state index in [0.29, 0.717) is 30.9 Å². The van der Waals surface area contributed by atoms with Crippen molar-refractivity contribution in [1.82, 2.24) is 4.72 Å². The van der Waals surface area contributed by atoms with Crippen LogP contribution in [0.25, 0.3) is 0 Å². The molecule has 1 unspecified atom stereocenters. The Bertz CT molecular complexity index is 613. The van der Waals surface area contributed by atoms with E-state index in [1.54, 1.807) is 0 Å². The van der Waals surface area contributed by atoms with Gasteiger partial charge in [-0.05, 0) is 38.8 Å². The molecule has 7 heteroatoms. The zero-order valence-corrected chi connectivity index (χ0v) is 13.4. The third-order valence-corrected chi connectivity index (χ3v) is 5.05. The van der Waals surface area contributed by atoms with Crippen molar-refractivity contribution >= 4 is 15.7 Å². The topological polar surface area (TPSA) is 90.7 Å². The van der Waals surface area contributed by atoms with Gasteiger partial charge >= 0.3 is 0 Å². The fraction of sp³-hybridized carbons (Fsp3) is 0.571. The van der Waals surface area contributed by atoms with Crippen LogP contribution in [0.3, 0.4) is 0 Å². The Morgan fingerprint density at radius 2 is 2.14 bits per heavy atom. The second-order valence-electron chi connectivity index (χ2n) is 5.82. The van der Waals surface area contributed by atoms with E-state index in [4.69, 9.17) is 15.2 Å². The molecular formula is C14H22N2O4S. The number of rotatable bonds is 4. The molecule has 0 aromatic heterocycles. The lowest BCUT2D eigenvalue weighted by atomic mass is 9.95. The zero-order chi connectivity index (χ0) is 15.7. The molecule has 6 nitrogen and oxygen atoms in total. The Balaban J connectivity index is 2.18. The first-order valence-electron chi connectivity index (χ1n) is 6.83. The molecule has 0 bridgehead atoms. The summed E-state index contributed by atoms with van der Waals surface area (Å²) in [5.41, 5.74) is 5.80. The van der Waals surface area contributed by atoms with Crippen LogP contribution in [0.1, 0.15) is 26.7 Å². The molecule has 0 spiro atoms. The molecule has 21 heavy (non-hydrogen) atoms. The molecule has 0 amide bonds. The summed E-state index contributed by atoms with van der Waals surface area (Å²) >= 11 is 0. The Labute approximate surface area is 125 Å². The Morgan fingerprint density at radius 3 is 2.76 bits per heavy atom. The number of anilines is 1. The van der Waals surface area contributed by atoms with Gasteiger partial charge < -0.3 is 15.2 Å². The van der Waals surface area contributed by atoms with Gasteiger partial charge in [0.25, 0.3) is 0 Å². The van der Waals surface area contributed by atoms with Gasteiger partial charge in [0, 0.05) is 18.7 Å². The average molecular weight is 314 g/mol. The predicted molar refractivity (Wildman–Crippen MR) is 80.8 cm³/mol. The van der Waals surface area contributed by atoms with Gasteiger partial charge in [-0.2, -0.15) is 0 Å². The van der Waals surface area contributed by atoms with Gasteiger partial charge in [0.2, 0.25) is 10.0 Å². The number of methoxy groups -OCH3 is 1. The molecule has 118 valence electrons. The van der Waals surface area contributed by atoms with Crippen molar-refractivity contribution in [1.29, 1.82) is 0 Å². The summed E-state index contributed by atoms with van der Waals surface area (Å²) in [7, 11) is -2.15. The van der Waals surface area contributed by atoms with Crippen molar-refractivity contribution in [3.8, 4) is 5.75 Å². The summed E-state index contributed by atoms with van der Waals surface area (Å²) in [5.74, 6) is 0.352. The zero-order valence-electron chi connectivity index (χ0n) is 12.5. The van der Waals surface area contributed by atoms with E-state index in [0.717, 1.165) is 0 Å². The molecule has 0 saturated carbocycles. The molecule has 2 rings (SSSR count). The molecule has 0 aliphatic carbocycles. The molecule has 3 N–H and O–H groups in total. The maximum atomic E-state index is 12.4. The molecule has 0 radical (unpaired) electrons. The average Bonchev–Trinajstić information content (AvgIpc) is 2.37. The van der Waals surface area contributed by atoms with Crippen LogP contribution in [-0.4, -0.2) is 33.8 Å². The first kappa shape index (κ1) is 16.1. The van der Waals surface area contributed by atoms with Crippen LogP contribution in [0, 0.1) is 0 Å². The number of nitrogen functional groups attached to an aromatic ring is 1. The minimum absolute atomic E-state index is 0.137. The highest BCUT2D eigenvalue weighted by Gasteiger charge is 2.31. The largest absolute Gasteiger partial charge is 0.495 e. The van der Waals surface area contributed by atoms with Gasteiger partial charge in [-0.15, -0.1) is 0 Å². The van der Waals surface area contributed by atoms with E-state index in [1.165, 1.54) is 25.3 Å². The number of ether oxygens (including phenoxy) is 2. The molecule has 1 aromatic carbocycles. The van der Waals surface area contributed by atoms with E-state index in [1.807, 2.05) is 13.8 Å². The summed E-state index contributed by atoms with van der Waals surface area (Å²) in [6.07, 6.45) is 1.30. The number of benzene rings is 1. The van der Waals surface area contributed by atoms with Crippen molar-refractivity contribution in [3.63, 3.8) is 0 Å². The lowest BCUT2D eigenvalue weighted by molar-refractivity contribution is -0.0599. The number of hydrogen-bond donors (Lipinski definition) is 2. The fourth-order valence-electron chi connectivity index (χ4n) is 2.48. The van der Waals surface area contributed by atoms with Crippen molar-refractivity contribution < 1.29 is 17.9 Å². The molecule has 1 atom stereocenters. The second kappa shape index (κ2) is 5.82. The van der Waals surface area contributed by atoms with Crippen molar-refractivity contribution in [2.24, 2.45) is 0 Å². The minimum atomic E-state index is -3.60. The van der Waals surface area contributed by atoms with Gasteiger partial charge in [0.1, 0.15) is 5.75 Å². The van der Waals surface area contributed by atoms with Gasteiger partial charge in [-0.3, -0.25) is 0 Å². The molecule has 1 fully saturated rings. The predicted octanol–water partition coefficient (Wildman–Crippen LogP) is 1.51. The maximum absolute atomic E-state index is 12.4. The standard InChI is InChI=1S/C14H22N2O4S/c1-14(2)9-10(6-7-20-14)16-21(17,18)11-4-5-12(15)13(8-11)19-3/h4-5,8,10,16H,6-7,9,15H2,1-3H3. The first-order chi connectivity index (χ1) is 9.73. The Hall–Kier alpha value is -1.31. The Morgan fingerprint density at radius 1 is 1.43 bits per heavy atom. The van der Waals surface area contributed by atoms with Crippen LogP contribution < -0.4 is 15.2 Å². The number of nitrogens with two attached hydrogens (primary N) is 1. The van der Waals surface area contributed by atoms with Crippen LogP contribution in [-0.2, 0) is 14.8 Å². The van der Waals surface area contributed by atoms with E-state index in [2.05, 4.69) is 4.72 Å². The van der Waals surface area contributed by atoms with Crippen molar-refractivity contribution in [2.45, 2.75) is 43.2 Å². The van der Waals surface area contributed by atoms with Crippen LogP contribution in [0.2, 0.25) is 0 Å². The fourth-order valence-corrected chi connectivity index (χ4v) is 3.76. The highest BCUT2D eigenvalue weighted by molar-refractivity contribution is 7.89. The summed E-state index contributed by atoms with van der Waals surface area (Å²) in [6, 6.07) is 4.30. The van der Waals surface area contributed by atoms with E-state index in [-0.39, 0.29) is 16.5 Å². The third kappa shape index (κ3) is 3.87. The molecule has 1 aliphatic rings. The van der Waals surface area contributed by atoms with Crippen molar-refractivity contribution in [2.75, 3.05) is 19.5 Å². The highest BCUT2D eigenvalue weighted by Crippen LogP contribution is 2.27. The Kier molecular flexibility index (Phi) is 4.46. The lowest BCUT2D eigenvalue weighted by Gasteiger charge is -2.35. The molecule has 1 aromatic rings. The second-order valence-corrected chi connectivity index (χ2v) is 7.54. The van der Waals surface area contributed by atoms with Gasteiger partial charge in [-0.25, -0.2) is 13.1 Å². The summed E-state index contributed by atoms with van der Waals surface area (Å²) in [4.78, 5) is 0.151. The molecule has 1 aliphatic heterocycles. The van der Waals surface area contributed by atoms with E-state index < -0.39 is 10.0 Å². The highest BCUT2D eigenvalue weighted by atomic mass is 32.2. The van der Waals surface area contributed by atoms with Gasteiger partial charge in [0.15, 0.2) is 0 Å². The first-order valence-corrected chi connectivity index (χ1v) is 8.32. The normalized spacial score (nSPS) is 22.0. The van der Waals surface area contributed by atoms with Crippen LogP contribution in [0.4, 0.5) is 5.69 Å². The van der Waals surface area contributed by atoms with Crippen LogP contribution in [0.15, 0.2) is 23.1 Å². The quantitative estimate of drug-likeness (QED) is 0.822. The SMILES string of the molecule is COc1cc(S(=O)(=O)NC2CCOC(C)(C)C2)ccc1N. The monoisotopic (exact) mass is 314 g/mol. The molecular weight excluding hydrogens is 292 g/mol. The number of hydrogen-bond acceptors (Lipinski definition) is 5. The molecule has 1 heterocycles. The minimum Gasteiger partial charge on any atom is -0.495 e. The van der Waals surface area contributed by atoms with Gasteiger partial charge in [0.05, 0.1) is 23.3 Å². The van der Waals surface area contributed by atoms with E-state index >= 15 is 0 Å². The van der Waals surface area contributed by atoms with Gasteiger partial charge in [-0.1, -0.05) is 0 Å². The van der Waals surface area contributed by atoms with Crippen molar-refractivity contribution in [3.05, 3.63) is 18.2 Å². The van der Waals surface area contributed by atoms with E-state index in [9.17, 15) is 8.42 Å². The summed E-state index contributed by atoms with van der Waals surface area (Å²) < 4.78 is 38.3.